The number of hydrogen-bond donors (Lipinski definition) is 0. The van der Waals surface area contributed by atoms with Gasteiger partial charge in [-0.05, 0) is 37.7 Å². The maximum Gasteiger partial charge on any atom is 0.127 e. The standard InChI is InChI=1S/C15H19ClN2OS/c1-10(16)15-17-13-6-5-11(19-2)8-14(13)18(15)9-12-4-3-7-20-12/h5-6,8,10,12H,3-4,7,9H2,1-2H3. The predicted molar refractivity (Wildman–Crippen MR) is 86.0 cm³/mol. The molecule has 0 N–H and O–H groups in total. The van der Waals surface area contributed by atoms with Gasteiger partial charge in [-0.25, -0.2) is 4.98 Å². The first kappa shape index (κ1) is 14.1. The van der Waals surface area contributed by atoms with Crippen molar-refractivity contribution in [2.75, 3.05) is 12.9 Å². The van der Waals surface area contributed by atoms with Gasteiger partial charge in [0, 0.05) is 17.9 Å². The quantitative estimate of drug-likeness (QED) is 0.790. The van der Waals surface area contributed by atoms with Gasteiger partial charge in [-0.3, -0.25) is 0 Å². The molecule has 2 unspecified atom stereocenters. The molecule has 0 aliphatic carbocycles. The lowest BCUT2D eigenvalue weighted by Gasteiger charge is -2.15. The number of halogens is 1. The van der Waals surface area contributed by atoms with Gasteiger partial charge >= 0.3 is 0 Å². The fraction of sp³-hybridized carbons (Fsp3) is 0.533. The van der Waals surface area contributed by atoms with Crippen LogP contribution in [-0.4, -0.2) is 27.7 Å². The van der Waals surface area contributed by atoms with E-state index in [0.717, 1.165) is 29.2 Å². The number of imidazole rings is 1. The van der Waals surface area contributed by atoms with Crippen molar-refractivity contribution in [1.82, 2.24) is 9.55 Å². The molecule has 3 rings (SSSR count). The molecule has 108 valence electrons. The molecule has 0 radical (unpaired) electrons. The van der Waals surface area contributed by atoms with Gasteiger partial charge < -0.3 is 9.30 Å². The summed E-state index contributed by atoms with van der Waals surface area (Å²) in [6.45, 7) is 2.97. The van der Waals surface area contributed by atoms with Crippen molar-refractivity contribution < 1.29 is 4.74 Å². The molecule has 1 aliphatic rings. The minimum absolute atomic E-state index is 0.0835. The normalized spacial score (nSPS) is 20.4. The third kappa shape index (κ3) is 2.63. The fourth-order valence-corrected chi connectivity index (χ4v) is 4.16. The molecule has 2 aromatic rings. The van der Waals surface area contributed by atoms with Gasteiger partial charge in [0.15, 0.2) is 0 Å². The molecule has 0 saturated carbocycles. The Labute approximate surface area is 128 Å². The van der Waals surface area contributed by atoms with E-state index in [1.807, 2.05) is 19.1 Å². The van der Waals surface area contributed by atoms with E-state index in [1.54, 1.807) is 7.11 Å². The third-order valence-electron chi connectivity index (χ3n) is 3.75. The Morgan fingerprint density at radius 1 is 1.55 bits per heavy atom. The first-order chi connectivity index (χ1) is 9.69. The Bertz CT molecular complexity index is 605. The molecule has 0 spiro atoms. The SMILES string of the molecule is COc1ccc2nc(C(C)Cl)n(CC3CCCS3)c2c1. The van der Waals surface area contributed by atoms with Crippen molar-refractivity contribution in [2.24, 2.45) is 0 Å². The van der Waals surface area contributed by atoms with E-state index >= 15 is 0 Å². The molecule has 2 atom stereocenters. The summed E-state index contributed by atoms with van der Waals surface area (Å²) in [5.41, 5.74) is 2.12. The first-order valence-corrected chi connectivity index (χ1v) is 8.47. The van der Waals surface area contributed by atoms with E-state index in [9.17, 15) is 0 Å². The van der Waals surface area contributed by atoms with Gasteiger partial charge in [0.05, 0.1) is 23.5 Å². The van der Waals surface area contributed by atoms with Crippen molar-refractivity contribution in [3.05, 3.63) is 24.0 Å². The Kier molecular flexibility index (Phi) is 4.13. The van der Waals surface area contributed by atoms with Crippen molar-refractivity contribution in [2.45, 2.75) is 36.9 Å². The summed E-state index contributed by atoms with van der Waals surface area (Å²) in [7, 11) is 1.69. The second-order valence-corrected chi connectivity index (χ2v) is 7.25. The van der Waals surface area contributed by atoms with Crippen LogP contribution in [0.5, 0.6) is 5.75 Å². The van der Waals surface area contributed by atoms with Crippen LogP contribution in [0.2, 0.25) is 0 Å². The Balaban J connectivity index is 2.06. The van der Waals surface area contributed by atoms with Crippen molar-refractivity contribution >= 4 is 34.4 Å². The molecule has 20 heavy (non-hydrogen) atoms. The Morgan fingerprint density at radius 3 is 3.05 bits per heavy atom. The highest BCUT2D eigenvalue weighted by molar-refractivity contribution is 8.00. The maximum atomic E-state index is 6.32. The molecular formula is C15H19ClN2OS. The Morgan fingerprint density at radius 2 is 2.40 bits per heavy atom. The van der Waals surface area contributed by atoms with E-state index in [4.69, 9.17) is 21.3 Å². The number of thioether (sulfide) groups is 1. The molecule has 5 heteroatoms. The highest BCUT2D eigenvalue weighted by Gasteiger charge is 2.21. The molecule has 1 aromatic carbocycles. The highest BCUT2D eigenvalue weighted by atomic mass is 35.5. The van der Waals surface area contributed by atoms with Crippen LogP contribution in [0, 0.1) is 0 Å². The third-order valence-corrected chi connectivity index (χ3v) is 5.33. The fourth-order valence-electron chi connectivity index (χ4n) is 2.74. The average molecular weight is 311 g/mol. The maximum absolute atomic E-state index is 6.32. The van der Waals surface area contributed by atoms with Crippen LogP contribution in [-0.2, 0) is 6.54 Å². The summed E-state index contributed by atoms with van der Waals surface area (Å²) in [6, 6.07) is 6.02. The van der Waals surface area contributed by atoms with Gasteiger partial charge in [-0.2, -0.15) is 11.8 Å². The number of fused-ring (bicyclic) bond motifs is 1. The number of aromatic nitrogens is 2. The lowest BCUT2D eigenvalue weighted by atomic mass is 10.2. The van der Waals surface area contributed by atoms with E-state index in [2.05, 4.69) is 22.4 Å². The predicted octanol–water partition coefficient (Wildman–Crippen LogP) is 4.24. The first-order valence-electron chi connectivity index (χ1n) is 6.99. The summed E-state index contributed by atoms with van der Waals surface area (Å²) < 4.78 is 7.61. The average Bonchev–Trinajstić information content (AvgIpc) is 3.07. The lowest BCUT2D eigenvalue weighted by molar-refractivity contribution is 0.415. The van der Waals surface area contributed by atoms with E-state index < -0.39 is 0 Å². The molecule has 3 nitrogen and oxygen atoms in total. The summed E-state index contributed by atoms with van der Waals surface area (Å²) >= 11 is 8.37. The zero-order chi connectivity index (χ0) is 14.1. The second kappa shape index (κ2) is 5.86. The molecule has 1 saturated heterocycles. The van der Waals surface area contributed by atoms with Gasteiger partial charge in [0.25, 0.3) is 0 Å². The molecule has 0 bridgehead atoms. The number of hydrogen-bond acceptors (Lipinski definition) is 3. The van der Waals surface area contributed by atoms with Crippen LogP contribution < -0.4 is 4.74 Å². The van der Waals surface area contributed by atoms with Crippen LogP contribution in [0.3, 0.4) is 0 Å². The minimum atomic E-state index is -0.0835. The molecule has 2 heterocycles. The van der Waals surface area contributed by atoms with Crippen molar-refractivity contribution in [1.29, 1.82) is 0 Å². The summed E-state index contributed by atoms with van der Waals surface area (Å²) in [4.78, 5) is 4.70. The number of nitrogens with zero attached hydrogens (tertiary/aromatic N) is 2. The van der Waals surface area contributed by atoms with Gasteiger partial charge in [-0.15, -0.1) is 11.6 Å². The van der Waals surface area contributed by atoms with Crippen LogP contribution in [0.4, 0.5) is 0 Å². The number of alkyl halides is 1. The number of rotatable bonds is 4. The van der Waals surface area contributed by atoms with Crippen LogP contribution in [0.25, 0.3) is 11.0 Å². The zero-order valence-corrected chi connectivity index (χ0v) is 13.4. The lowest BCUT2D eigenvalue weighted by Crippen LogP contribution is -2.13. The van der Waals surface area contributed by atoms with Gasteiger partial charge in [0.2, 0.25) is 0 Å². The molecule has 1 aliphatic heterocycles. The van der Waals surface area contributed by atoms with Crippen LogP contribution in [0.1, 0.15) is 31.0 Å². The largest absolute Gasteiger partial charge is 0.497 e. The van der Waals surface area contributed by atoms with E-state index in [1.165, 1.54) is 18.6 Å². The number of benzene rings is 1. The van der Waals surface area contributed by atoms with Crippen LogP contribution in [0.15, 0.2) is 18.2 Å². The topological polar surface area (TPSA) is 27.1 Å². The second-order valence-electron chi connectivity index (χ2n) is 5.19. The molecular weight excluding hydrogens is 292 g/mol. The van der Waals surface area contributed by atoms with Crippen molar-refractivity contribution in [3.63, 3.8) is 0 Å². The minimum Gasteiger partial charge on any atom is -0.497 e. The molecule has 1 aromatic heterocycles. The number of methoxy groups -OCH3 is 1. The zero-order valence-electron chi connectivity index (χ0n) is 11.8. The number of ether oxygens (including phenoxy) is 1. The molecule has 0 amide bonds. The summed E-state index contributed by atoms with van der Waals surface area (Å²) in [5.74, 6) is 3.10. The highest BCUT2D eigenvalue weighted by Crippen LogP contribution is 2.32. The van der Waals surface area contributed by atoms with E-state index in [0.29, 0.717) is 5.25 Å². The summed E-state index contributed by atoms with van der Waals surface area (Å²) in [5, 5.41) is 0.590. The monoisotopic (exact) mass is 310 g/mol. The van der Waals surface area contributed by atoms with Gasteiger partial charge in [-0.1, -0.05) is 0 Å². The molecule has 1 fully saturated rings. The summed E-state index contributed by atoms with van der Waals surface area (Å²) in [6.07, 6.45) is 2.60. The van der Waals surface area contributed by atoms with Crippen molar-refractivity contribution in [3.8, 4) is 5.75 Å². The van der Waals surface area contributed by atoms with Gasteiger partial charge in [0.1, 0.15) is 11.6 Å². The Hall–Kier alpha value is -0.870. The van der Waals surface area contributed by atoms with E-state index in [-0.39, 0.29) is 5.38 Å². The van der Waals surface area contributed by atoms with Crippen LogP contribution >= 0.6 is 23.4 Å². The smallest absolute Gasteiger partial charge is 0.127 e.